The van der Waals surface area contributed by atoms with E-state index in [1.54, 1.807) is 6.07 Å². The van der Waals surface area contributed by atoms with Crippen molar-refractivity contribution in [3.05, 3.63) is 71.0 Å². The van der Waals surface area contributed by atoms with Gasteiger partial charge in [0.1, 0.15) is 5.82 Å². The van der Waals surface area contributed by atoms with Crippen LogP contribution < -0.4 is 0 Å². The van der Waals surface area contributed by atoms with Crippen LogP contribution in [0.25, 0.3) is 0 Å². The normalized spacial score (nSPS) is 20.2. The molecular formula is C25H31F4NO. The van der Waals surface area contributed by atoms with Gasteiger partial charge in [-0.1, -0.05) is 50.1 Å². The Labute approximate surface area is 182 Å². The van der Waals surface area contributed by atoms with Crippen LogP contribution in [0.4, 0.5) is 17.6 Å². The third-order valence-electron chi connectivity index (χ3n) is 6.11. The van der Waals surface area contributed by atoms with Crippen molar-refractivity contribution in [2.75, 3.05) is 26.2 Å². The molecule has 1 aliphatic heterocycles. The summed E-state index contributed by atoms with van der Waals surface area (Å²) >= 11 is 0. The van der Waals surface area contributed by atoms with E-state index in [1.807, 2.05) is 12.1 Å². The molecule has 0 aliphatic carbocycles. The Morgan fingerprint density at radius 3 is 2.48 bits per heavy atom. The summed E-state index contributed by atoms with van der Waals surface area (Å²) < 4.78 is 59.0. The van der Waals surface area contributed by atoms with Gasteiger partial charge < -0.3 is 9.64 Å². The van der Waals surface area contributed by atoms with Crippen molar-refractivity contribution in [2.45, 2.75) is 51.3 Å². The molecule has 3 rings (SSSR count). The van der Waals surface area contributed by atoms with Gasteiger partial charge in [0.25, 0.3) is 0 Å². The Morgan fingerprint density at radius 1 is 1.03 bits per heavy atom. The van der Waals surface area contributed by atoms with Crippen molar-refractivity contribution in [2.24, 2.45) is 5.92 Å². The van der Waals surface area contributed by atoms with Gasteiger partial charge in [0.2, 0.25) is 0 Å². The van der Waals surface area contributed by atoms with E-state index < -0.39 is 11.7 Å². The minimum Gasteiger partial charge on any atom is -0.376 e. The zero-order chi connectivity index (χ0) is 22.3. The monoisotopic (exact) mass is 437 g/mol. The molecule has 1 aliphatic rings. The second-order valence-corrected chi connectivity index (χ2v) is 8.38. The second kappa shape index (κ2) is 11.1. The van der Waals surface area contributed by atoms with Gasteiger partial charge in [0.15, 0.2) is 0 Å². The lowest BCUT2D eigenvalue weighted by atomic mass is 9.80. The van der Waals surface area contributed by atoms with Crippen LogP contribution in [0.3, 0.4) is 0 Å². The van der Waals surface area contributed by atoms with Gasteiger partial charge in [-0.25, -0.2) is 4.39 Å². The Kier molecular flexibility index (Phi) is 8.50. The lowest BCUT2D eigenvalue weighted by Gasteiger charge is -2.39. The summed E-state index contributed by atoms with van der Waals surface area (Å²) in [6.45, 7) is 5.32. The molecule has 2 unspecified atom stereocenters. The zero-order valence-electron chi connectivity index (χ0n) is 18.0. The molecule has 2 aromatic rings. The van der Waals surface area contributed by atoms with Gasteiger partial charge in [0, 0.05) is 12.5 Å². The first-order chi connectivity index (χ1) is 14.9. The SMILES string of the molecule is CCCCCN1CCC(c2ccc(F)cc2)C(COCc2ccccc2C(F)(F)F)C1. The molecule has 31 heavy (non-hydrogen) atoms. The highest BCUT2D eigenvalue weighted by Gasteiger charge is 2.33. The van der Waals surface area contributed by atoms with E-state index in [-0.39, 0.29) is 29.8 Å². The fourth-order valence-corrected chi connectivity index (χ4v) is 4.46. The van der Waals surface area contributed by atoms with Crippen LogP contribution in [0.15, 0.2) is 48.5 Å². The van der Waals surface area contributed by atoms with E-state index in [2.05, 4.69) is 11.8 Å². The van der Waals surface area contributed by atoms with Gasteiger partial charge in [0.05, 0.1) is 18.8 Å². The van der Waals surface area contributed by atoms with E-state index in [9.17, 15) is 17.6 Å². The van der Waals surface area contributed by atoms with Crippen LogP contribution in [-0.4, -0.2) is 31.1 Å². The predicted molar refractivity (Wildman–Crippen MR) is 114 cm³/mol. The quantitative estimate of drug-likeness (QED) is 0.321. The van der Waals surface area contributed by atoms with Gasteiger partial charge >= 0.3 is 6.18 Å². The molecule has 0 spiro atoms. The van der Waals surface area contributed by atoms with Crippen LogP contribution in [-0.2, 0) is 17.5 Å². The van der Waals surface area contributed by atoms with Crippen molar-refractivity contribution in [3.63, 3.8) is 0 Å². The number of piperidine rings is 1. The average molecular weight is 438 g/mol. The number of halogens is 4. The van der Waals surface area contributed by atoms with Crippen LogP contribution in [0.2, 0.25) is 0 Å². The maximum atomic E-state index is 13.4. The summed E-state index contributed by atoms with van der Waals surface area (Å²) in [4.78, 5) is 2.42. The summed E-state index contributed by atoms with van der Waals surface area (Å²) in [7, 11) is 0. The third kappa shape index (κ3) is 6.78. The molecule has 0 N–H and O–H groups in total. The van der Waals surface area contributed by atoms with Crippen LogP contribution in [0.1, 0.15) is 55.2 Å². The van der Waals surface area contributed by atoms with Crippen molar-refractivity contribution >= 4 is 0 Å². The molecule has 2 atom stereocenters. The molecule has 1 fully saturated rings. The third-order valence-corrected chi connectivity index (χ3v) is 6.11. The van der Waals surface area contributed by atoms with Gasteiger partial charge in [-0.3, -0.25) is 0 Å². The molecule has 2 nitrogen and oxygen atoms in total. The molecule has 170 valence electrons. The highest BCUT2D eigenvalue weighted by molar-refractivity contribution is 5.29. The molecule has 1 saturated heterocycles. The summed E-state index contributed by atoms with van der Waals surface area (Å²) in [6, 6.07) is 12.1. The number of hydrogen-bond donors (Lipinski definition) is 0. The standard InChI is InChI=1S/C25H31F4NO/c1-2-3-6-14-30-15-13-23(19-9-11-22(26)12-10-19)21(16-30)18-31-17-20-7-4-5-8-24(20)25(27,28)29/h4-5,7-12,21,23H,2-3,6,13-18H2,1H3. The van der Waals surface area contributed by atoms with E-state index in [1.165, 1.54) is 30.7 Å². The highest BCUT2D eigenvalue weighted by atomic mass is 19.4. The van der Waals surface area contributed by atoms with Gasteiger partial charge in [-0.15, -0.1) is 0 Å². The van der Waals surface area contributed by atoms with Crippen LogP contribution >= 0.6 is 0 Å². The summed E-state index contributed by atoms with van der Waals surface area (Å²) in [5.41, 5.74) is 0.581. The Bertz CT molecular complexity index is 806. The summed E-state index contributed by atoms with van der Waals surface area (Å²) in [6.07, 6.45) is 0.0389. The molecule has 0 amide bonds. The number of alkyl halides is 3. The number of hydrogen-bond acceptors (Lipinski definition) is 2. The maximum absolute atomic E-state index is 13.4. The van der Waals surface area contributed by atoms with Crippen molar-refractivity contribution < 1.29 is 22.3 Å². The smallest absolute Gasteiger partial charge is 0.376 e. The second-order valence-electron chi connectivity index (χ2n) is 8.38. The fraction of sp³-hybridized carbons (Fsp3) is 0.520. The van der Waals surface area contributed by atoms with E-state index >= 15 is 0 Å². The Hall–Kier alpha value is -1.92. The van der Waals surface area contributed by atoms with Crippen LogP contribution in [0, 0.1) is 11.7 Å². The number of ether oxygens (including phenoxy) is 1. The number of benzene rings is 2. The Morgan fingerprint density at radius 2 is 1.77 bits per heavy atom. The number of nitrogens with zero attached hydrogens (tertiary/aromatic N) is 1. The molecule has 0 bridgehead atoms. The first-order valence-electron chi connectivity index (χ1n) is 11.1. The number of likely N-dealkylation sites (tertiary alicyclic amines) is 1. The van der Waals surface area contributed by atoms with Crippen molar-refractivity contribution in [1.82, 2.24) is 4.90 Å². The maximum Gasteiger partial charge on any atom is 0.416 e. The summed E-state index contributed by atoms with van der Waals surface area (Å²) in [5.74, 6) is 0.0945. The number of rotatable bonds is 9. The minimum absolute atomic E-state index is 0.0713. The van der Waals surface area contributed by atoms with Crippen molar-refractivity contribution in [3.8, 4) is 0 Å². The molecule has 0 aromatic heterocycles. The topological polar surface area (TPSA) is 12.5 Å². The lowest BCUT2D eigenvalue weighted by Crippen LogP contribution is -2.41. The van der Waals surface area contributed by atoms with Crippen molar-refractivity contribution in [1.29, 1.82) is 0 Å². The largest absolute Gasteiger partial charge is 0.416 e. The molecule has 1 heterocycles. The molecular weight excluding hydrogens is 406 g/mol. The van der Waals surface area contributed by atoms with E-state index in [0.717, 1.165) is 50.5 Å². The minimum atomic E-state index is -4.39. The zero-order valence-corrected chi connectivity index (χ0v) is 18.0. The predicted octanol–water partition coefficient (Wildman–Crippen LogP) is 6.66. The van der Waals surface area contributed by atoms with E-state index in [0.29, 0.717) is 6.61 Å². The number of unbranched alkanes of at least 4 members (excludes halogenated alkanes) is 2. The molecule has 0 saturated carbocycles. The highest BCUT2D eigenvalue weighted by Crippen LogP contribution is 2.35. The lowest BCUT2D eigenvalue weighted by molar-refractivity contribution is -0.139. The first kappa shape index (κ1) is 23.7. The molecule has 0 radical (unpaired) electrons. The first-order valence-corrected chi connectivity index (χ1v) is 11.1. The van der Waals surface area contributed by atoms with Gasteiger partial charge in [-0.2, -0.15) is 13.2 Å². The summed E-state index contributed by atoms with van der Waals surface area (Å²) in [5, 5.41) is 0. The molecule has 2 aromatic carbocycles. The molecule has 6 heteroatoms. The average Bonchev–Trinajstić information content (AvgIpc) is 2.75. The van der Waals surface area contributed by atoms with Crippen LogP contribution in [0.5, 0.6) is 0 Å². The van der Waals surface area contributed by atoms with Gasteiger partial charge in [-0.05, 0) is 61.2 Å². The Balaban J connectivity index is 1.67. The fourth-order valence-electron chi connectivity index (χ4n) is 4.46. The van der Waals surface area contributed by atoms with E-state index in [4.69, 9.17) is 4.74 Å².